The molecule has 0 aliphatic carbocycles. The predicted octanol–water partition coefficient (Wildman–Crippen LogP) is 2.25. The third-order valence-corrected chi connectivity index (χ3v) is 3.03. The molecule has 0 saturated carbocycles. The molecule has 0 radical (unpaired) electrons. The van der Waals surface area contributed by atoms with Gasteiger partial charge in [0.25, 0.3) is 0 Å². The third kappa shape index (κ3) is 3.66. The first-order valence-electron chi connectivity index (χ1n) is 6.10. The highest BCUT2D eigenvalue weighted by Crippen LogP contribution is 2.13. The van der Waals surface area contributed by atoms with Gasteiger partial charge in [0.2, 0.25) is 0 Å². The summed E-state index contributed by atoms with van der Waals surface area (Å²) in [5.41, 5.74) is 0.781. The summed E-state index contributed by atoms with van der Waals surface area (Å²) in [4.78, 5) is 15.3. The number of hydrogen-bond acceptors (Lipinski definition) is 5. The van der Waals surface area contributed by atoms with Crippen LogP contribution < -0.4 is 5.32 Å². The highest BCUT2D eigenvalue weighted by atomic mass is 79.9. The van der Waals surface area contributed by atoms with Crippen LogP contribution in [0, 0.1) is 0 Å². The lowest BCUT2D eigenvalue weighted by atomic mass is 10.3. The van der Waals surface area contributed by atoms with Gasteiger partial charge in [-0.2, -0.15) is 0 Å². The Balaban J connectivity index is 1.84. The molecule has 102 valence electrons. The van der Waals surface area contributed by atoms with E-state index in [1.807, 2.05) is 12.1 Å². The predicted molar refractivity (Wildman–Crippen MR) is 75.0 cm³/mol. The molecule has 6 nitrogen and oxygen atoms in total. The van der Waals surface area contributed by atoms with E-state index in [1.54, 1.807) is 17.6 Å². The molecule has 7 heteroatoms. The number of rotatable bonds is 6. The van der Waals surface area contributed by atoms with Crippen molar-refractivity contribution in [2.24, 2.45) is 0 Å². The number of anilines is 1. The molecule has 2 rings (SSSR count). The smallest absolute Gasteiger partial charge is 0.305 e. The second-order valence-electron chi connectivity index (χ2n) is 3.90. The zero-order valence-corrected chi connectivity index (χ0v) is 12.2. The summed E-state index contributed by atoms with van der Waals surface area (Å²) in [6.45, 7) is 2.90. The molecule has 2 aromatic heterocycles. The number of ether oxygens (including phenoxy) is 1. The first-order chi connectivity index (χ1) is 9.20. The Kier molecular flexibility index (Phi) is 4.73. The summed E-state index contributed by atoms with van der Waals surface area (Å²) in [6.07, 6.45) is 2.83. The molecule has 2 aromatic rings. The van der Waals surface area contributed by atoms with Crippen LogP contribution >= 0.6 is 15.9 Å². The molecular weight excluding hydrogens is 312 g/mol. The summed E-state index contributed by atoms with van der Waals surface area (Å²) < 4.78 is 7.36. The van der Waals surface area contributed by atoms with Crippen molar-refractivity contribution >= 4 is 33.4 Å². The topological polar surface area (TPSA) is 68.5 Å². The molecule has 0 aliphatic rings. The molecule has 0 unspecified atom stereocenters. The first kappa shape index (κ1) is 13.8. The van der Waals surface area contributed by atoms with E-state index in [0.29, 0.717) is 26.0 Å². The summed E-state index contributed by atoms with van der Waals surface area (Å²) in [5, 5.41) is 7.53. The zero-order chi connectivity index (χ0) is 13.7. The Morgan fingerprint density at radius 2 is 2.37 bits per heavy atom. The highest BCUT2D eigenvalue weighted by molar-refractivity contribution is 9.10. The fourth-order valence-corrected chi connectivity index (χ4v) is 1.99. The highest BCUT2D eigenvalue weighted by Gasteiger charge is 2.04. The van der Waals surface area contributed by atoms with Crippen molar-refractivity contribution in [3.8, 4) is 0 Å². The molecule has 0 spiro atoms. The van der Waals surface area contributed by atoms with E-state index in [9.17, 15) is 4.79 Å². The summed E-state index contributed by atoms with van der Waals surface area (Å²) in [5.74, 6) is 0.583. The Labute approximate surface area is 119 Å². The summed E-state index contributed by atoms with van der Waals surface area (Å²) in [7, 11) is 0. The molecule has 0 aliphatic heterocycles. The Morgan fingerprint density at radius 1 is 1.53 bits per heavy atom. The van der Waals surface area contributed by atoms with Gasteiger partial charge in [-0.05, 0) is 41.4 Å². The maximum Gasteiger partial charge on any atom is 0.305 e. The van der Waals surface area contributed by atoms with E-state index in [4.69, 9.17) is 4.74 Å². The van der Waals surface area contributed by atoms with Crippen LogP contribution in [-0.2, 0) is 9.53 Å². The van der Waals surface area contributed by atoms with Gasteiger partial charge in [0.05, 0.1) is 12.8 Å². The Hall–Kier alpha value is -1.63. The SMILES string of the molecule is CCOC(=O)CCCNc1ccc2ncc(Br)n2n1. The van der Waals surface area contributed by atoms with E-state index in [2.05, 4.69) is 31.3 Å². The van der Waals surface area contributed by atoms with Gasteiger partial charge in [0.1, 0.15) is 10.4 Å². The molecule has 0 atom stereocenters. The van der Waals surface area contributed by atoms with Crippen LogP contribution in [0.2, 0.25) is 0 Å². The minimum Gasteiger partial charge on any atom is -0.466 e. The molecule has 19 heavy (non-hydrogen) atoms. The van der Waals surface area contributed by atoms with E-state index < -0.39 is 0 Å². The van der Waals surface area contributed by atoms with Crippen LogP contribution in [0.1, 0.15) is 19.8 Å². The number of hydrogen-bond donors (Lipinski definition) is 1. The lowest BCUT2D eigenvalue weighted by Gasteiger charge is -2.06. The van der Waals surface area contributed by atoms with Crippen molar-refractivity contribution in [3.05, 3.63) is 22.9 Å². The second-order valence-corrected chi connectivity index (χ2v) is 4.72. The molecule has 0 bridgehead atoms. The Morgan fingerprint density at radius 3 is 3.16 bits per heavy atom. The number of carbonyl (C=O) groups excluding carboxylic acids is 1. The minimum atomic E-state index is -0.162. The van der Waals surface area contributed by atoms with Gasteiger partial charge in [-0.15, -0.1) is 5.10 Å². The number of carbonyl (C=O) groups is 1. The van der Waals surface area contributed by atoms with Crippen molar-refractivity contribution in [1.29, 1.82) is 0 Å². The molecule has 0 amide bonds. The fourth-order valence-electron chi connectivity index (χ4n) is 1.62. The van der Waals surface area contributed by atoms with Crippen LogP contribution in [-0.4, -0.2) is 33.7 Å². The number of fused-ring (bicyclic) bond motifs is 1. The van der Waals surface area contributed by atoms with Gasteiger partial charge in [0, 0.05) is 13.0 Å². The van der Waals surface area contributed by atoms with Crippen molar-refractivity contribution in [2.45, 2.75) is 19.8 Å². The number of aromatic nitrogens is 3. The van der Waals surface area contributed by atoms with Crippen LogP contribution in [0.15, 0.2) is 22.9 Å². The van der Waals surface area contributed by atoms with Gasteiger partial charge in [-0.1, -0.05) is 0 Å². The summed E-state index contributed by atoms with van der Waals surface area (Å²) >= 11 is 3.37. The number of esters is 1. The average Bonchev–Trinajstić information content (AvgIpc) is 2.77. The summed E-state index contributed by atoms with van der Waals surface area (Å²) in [6, 6.07) is 3.74. The van der Waals surface area contributed by atoms with E-state index in [-0.39, 0.29) is 5.97 Å². The molecule has 0 saturated heterocycles. The van der Waals surface area contributed by atoms with Gasteiger partial charge < -0.3 is 10.1 Å². The van der Waals surface area contributed by atoms with Crippen LogP contribution in [0.25, 0.3) is 5.65 Å². The molecule has 2 heterocycles. The van der Waals surface area contributed by atoms with E-state index in [1.165, 1.54) is 0 Å². The number of nitrogens with one attached hydrogen (secondary N) is 1. The molecule has 1 N–H and O–H groups in total. The first-order valence-corrected chi connectivity index (χ1v) is 6.90. The van der Waals surface area contributed by atoms with Crippen molar-refractivity contribution in [1.82, 2.24) is 14.6 Å². The quantitative estimate of drug-likeness (QED) is 0.651. The standard InChI is InChI=1S/C12H15BrN4O2/c1-2-19-12(18)4-3-7-14-10-5-6-11-15-8-9(13)17(11)16-10/h5-6,8H,2-4,7H2,1H3,(H,14,16). The van der Waals surface area contributed by atoms with Crippen LogP contribution in [0.4, 0.5) is 5.82 Å². The monoisotopic (exact) mass is 326 g/mol. The molecular formula is C12H15BrN4O2. The average molecular weight is 327 g/mol. The van der Waals surface area contributed by atoms with Crippen LogP contribution in [0.3, 0.4) is 0 Å². The fraction of sp³-hybridized carbons (Fsp3) is 0.417. The van der Waals surface area contributed by atoms with Gasteiger partial charge in [-0.3, -0.25) is 4.79 Å². The van der Waals surface area contributed by atoms with E-state index >= 15 is 0 Å². The van der Waals surface area contributed by atoms with Crippen molar-refractivity contribution in [3.63, 3.8) is 0 Å². The van der Waals surface area contributed by atoms with Crippen molar-refractivity contribution < 1.29 is 9.53 Å². The van der Waals surface area contributed by atoms with Crippen molar-refractivity contribution in [2.75, 3.05) is 18.5 Å². The largest absolute Gasteiger partial charge is 0.466 e. The number of imidazole rings is 1. The normalized spacial score (nSPS) is 10.6. The molecule has 0 fully saturated rings. The minimum absolute atomic E-state index is 0.162. The maximum absolute atomic E-state index is 11.2. The van der Waals surface area contributed by atoms with Gasteiger partial charge >= 0.3 is 5.97 Å². The number of nitrogens with zero attached hydrogens (tertiary/aromatic N) is 3. The van der Waals surface area contributed by atoms with Gasteiger partial charge in [0.15, 0.2) is 5.65 Å². The Bertz CT molecular complexity index is 570. The molecule has 0 aromatic carbocycles. The maximum atomic E-state index is 11.2. The number of halogens is 1. The zero-order valence-electron chi connectivity index (χ0n) is 10.6. The lowest BCUT2D eigenvalue weighted by Crippen LogP contribution is -2.09. The van der Waals surface area contributed by atoms with E-state index in [0.717, 1.165) is 16.1 Å². The lowest BCUT2D eigenvalue weighted by molar-refractivity contribution is -0.143. The second kappa shape index (κ2) is 6.51. The van der Waals surface area contributed by atoms with Gasteiger partial charge in [-0.25, -0.2) is 9.50 Å². The third-order valence-electron chi connectivity index (χ3n) is 2.49. The van der Waals surface area contributed by atoms with Crippen LogP contribution in [0.5, 0.6) is 0 Å².